The molecule has 0 heterocycles. The van der Waals surface area contributed by atoms with E-state index in [-0.39, 0.29) is 12.5 Å². The molecule has 24 heavy (non-hydrogen) atoms. The lowest BCUT2D eigenvalue weighted by molar-refractivity contribution is -0.147. The molecule has 5 nitrogen and oxygen atoms in total. The van der Waals surface area contributed by atoms with Gasteiger partial charge in [0, 0.05) is 18.7 Å². The molecule has 0 saturated heterocycles. The van der Waals surface area contributed by atoms with Gasteiger partial charge in [0.1, 0.15) is 6.54 Å². The topological polar surface area (TPSA) is 72.6 Å². The Kier molecular flexibility index (Phi) is 6.37. The van der Waals surface area contributed by atoms with Gasteiger partial charge in [0.2, 0.25) is 5.91 Å². The Hall–Kier alpha value is -2.82. The number of hydrogen-bond acceptors (Lipinski definition) is 4. The van der Waals surface area contributed by atoms with Crippen LogP contribution >= 0.6 is 0 Å². The highest BCUT2D eigenvalue weighted by Gasteiger charge is 2.17. The Morgan fingerprint density at radius 2 is 1.67 bits per heavy atom. The summed E-state index contributed by atoms with van der Waals surface area (Å²) in [4.78, 5) is 25.7. The van der Waals surface area contributed by atoms with Crippen molar-refractivity contribution >= 4 is 17.6 Å². The number of amides is 1. The highest BCUT2D eigenvalue weighted by molar-refractivity contribution is 5.82. The number of benzene rings is 2. The maximum absolute atomic E-state index is 12.5. The van der Waals surface area contributed by atoms with E-state index in [9.17, 15) is 9.59 Å². The second-order valence-electron chi connectivity index (χ2n) is 5.55. The van der Waals surface area contributed by atoms with Crippen LogP contribution in [0.2, 0.25) is 0 Å². The maximum Gasteiger partial charge on any atom is 0.325 e. The summed E-state index contributed by atoms with van der Waals surface area (Å²) in [6, 6.07) is 17.0. The van der Waals surface area contributed by atoms with Gasteiger partial charge < -0.3 is 15.4 Å². The minimum atomic E-state index is -0.424. The van der Waals surface area contributed by atoms with Crippen molar-refractivity contribution in [3.63, 3.8) is 0 Å². The molecule has 0 aliphatic carbocycles. The van der Waals surface area contributed by atoms with Gasteiger partial charge in [-0.05, 0) is 29.7 Å². The molecule has 0 radical (unpaired) electrons. The minimum absolute atomic E-state index is 0.0496. The number of methoxy groups -OCH3 is 1. The summed E-state index contributed by atoms with van der Waals surface area (Å²) in [6.45, 7) is 0.336. The third kappa shape index (κ3) is 5.43. The van der Waals surface area contributed by atoms with Gasteiger partial charge in [-0.15, -0.1) is 0 Å². The number of carbonyl (C=O) groups is 2. The molecule has 0 aliphatic heterocycles. The lowest BCUT2D eigenvalue weighted by Crippen LogP contribution is -2.35. The summed E-state index contributed by atoms with van der Waals surface area (Å²) in [5, 5.41) is 0. The lowest BCUT2D eigenvalue weighted by atomic mass is 10.1. The molecule has 2 rings (SSSR count). The van der Waals surface area contributed by atoms with Gasteiger partial charge in [-0.25, -0.2) is 0 Å². The largest absolute Gasteiger partial charge is 0.468 e. The molecule has 0 bridgehead atoms. The van der Waals surface area contributed by atoms with Crippen LogP contribution in [-0.4, -0.2) is 30.4 Å². The molecule has 2 N–H and O–H groups in total. The third-order valence-electron chi connectivity index (χ3n) is 3.72. The number of nitrogens with two attached hydrogens (primary N) is 1. The van der Waals surface area contributed by atoms with E-state index in [0.717, 1.165) is 11.1 Å². The van der Waals surface area contributed by atoms with Crippen LogP contribution in [0, 0.1) is 0 Å². The fourth-order valence-corrected chi connectivity index (χ4v) is 2.35. The summed E-state index contributed by atoms with van der Waals surface area (Å²) in [6.07, 6.45) is 0.930. The summed E-state index contributed by atoms with van der Waals surface area (Å²) in [7, 11) is 1.32. The predicted molar refractivity (Wildman–Crippen MR) is 93.1 cm³/mol. The number of nitrogens with zero attached hydrogens (tertiary/aromatic N) is 1. The van der Waals surface area contributed by atoms with E-state index in [4.69, 9.17) is 10.5 Å². The van der Waals surface area contributed by atoms with Crippen molar-refractivity contribution in [3.8, 4) is 0 Å². The summed E-state index contributed by atoms with van der Waals surface area (Å²) in [5.41, 5.74) is 8.37. The predicted octanol–water partition coefficient (Wildman–Crippen LogP) is 2.40. The van der Waals surface area contributed by atoms with Crippen LogP contribution in [0.5, 0.6) is 0 Å². The Balaban J connectivity index is 2.00. The van der Waals surface area contributed by atoms with Crippen molar-refractivity contribution < 1.29 is 14.3 Å². The van der Waals surface area contributed by atoms with Crippen molar-refractivity contribution in [1.29, 1.82) is 0 Å². The van der Waals surface area contributed by atoms with Crippen LogP contribution in [0.25, 0.3) is 0 Å². The molecule has 5 heteroatoms. The van der Waals surface area contributed by atoms with Gasteiger partial charge in [0.05, 0.1) is 7.11 Å². The number of ether oxygens (including phenoxy) is 1. The molecule has 0 spiro atoms. The van der Waals surface area contributed by atoms with Crippen LogP contribution in [0.3, 0.4) is 0 Å². The van der Waals surface area contributed by atoms with E-state index in [1.807, 2.05) is 54.6 Å². The molecule has 2 aromatic carbocycles. The highest BCUT2D eigenvalue weighted by Crippen LogP contribution is 2.11. The van der Waals surface area contributed by atoms with E-state index in [2.05, 4.69) is 0 Å². The Morgan fingerprint density at radius 3 is 2.29 bits per heavy atom. The summed E-state index contributed by atoms with van der Waals surface area (Å²) < 4.78 is 4.70. The van der Waals surface area contributed by atoms with Crippen LogP contribution in [-0.2, 0) is 27.3 Å². The molecule has 126 valence electrons. The number of nitrogen functional groups attached to an aromatic ring is 1. The molecule has 0 fully saturated rings. The molecule has 0 unspecified atom stereocenters. The van der Waals surface area contributed by atoms with Crippen molar-refractivity contribution in [2.45, 2.75) is 19.4 Å². The molecule has 0 aliphatic rings. The van der Waals surface area contributed by atoms with E-state index in [0.29, 0.717) is 25.1 Å². The SMILES string of the molecule is COC(=O)CN(Cc1ccccc1)C(=O)CCc1ccc(N)cc1. The summed E-state index contributed by atoms with van der Waals surface area (Å²) >= 11 is 0. The molecule has 2 aromatic rings. The van der Waals surface area contributed by atoms with Gasteiger partial charge in [-0.1, -0.05) is 42.5 Å². The standard InChI is InChI=1S/C19H22N2O3/c1-24-19(23)14-21(13-16-5-3-2-4-6-16)18(22)12-9-15-7-10-17(20)11-8-15/h2-8,10-11H,9,12-14,20H2,1H3. The number of aryl methyl sites for hydroxylation is 1. The molecule has 0 atom stereocenters. The number of carbonyl (C=O) groups excluding carboxylic acids is 2. The van der Waals surface area contributed by atoms with Crippen LogP contribution in [0.1, 0.15) is 17.5 Å². The number of rotatable bonds is 7. The normalized spacial score (nSPS) is 10.2. The first-order chi connectivity index (χ1) is 11.6. The zero-order valence-electron chi connectivity index (χ0n) is 13.8. The monoisotopic (exact) mass is 326 g/mol. The average molecular weight is 326 g/mol. The second-order valence-corrected chi connectivity index (χ2v) is 5.55. The minimum Gasteiger partial charge on any atom is -0.468 e. The van der Waals surface area contributed by atoms with E-state index < -0.39 is 5.97 Å². The van der Waals surface area contributed by atoms with Crippen molar-refractivity contribution in [2.75, 3.05) is 19.4 Å². The van der Waals surface area contributed by atoms with Crippen LogP contribution in [0.4, 0.5) is 5.69 Å². The second kappa shape index (κ2) is 8.72. The van der Waals surface area contributed by atoms with Crippen molar-refractivity contribution in [3.05, 3.63) is 65.7 Å². The fourth-order valence-electron chi connectivity index (χ4n) is 2.35. The molecule has 0 saturated carbocycles. The van der Waals surface area contributed by atoms with Gasteiger partial charge in [0.25, 0.3) is 0 Å². The third-order valence-corrected chi connectivity index (χ3v) is 3.72. The average Bonchev–Trinajstić information content (AvgIpc) is 2.61. The Bertz CT molecular complexity index is 669. The van der Waals surface area contributed by atoms with Crippen LogP contribution in [0.15, 0.2) is 54.6 Å². The van der Waals surface area contributed by atoms with E-state index >= 15 is 0 Å². The van der Waals surface area contributed by atoms with Gasteiger partial charge in [0.15, 0.2) is 0 Å². The maximum atomic E-state index is 12.5. The lowest BCUT2D eigenvalue weighted by Gasteiger charge is -2.21. The number of esters is 1. The van der Waals surface area contributed by atoms with E-state index in [1.54, 1.807) is 0 Å². The van der Waals surface area contributed by atoms with Gasteiger partial charge in [-0.2, -0.15) is 0 Å². The first-order valence-electron chi connectivity index (χ1n) is 7.81. The Labute approximate surface area is 142 Å². The fraction of sp³-hybridized carbons (Fsp3) is 0.263. The van der Waals surface area contributed by atoms with Crippen molar-refractivity contribution in [1.82, 2.24) is 4.90 Å². The number of hydrogen-bond donors (Lipinski definition) is 1. The quantitative estimate of drug-likeness (QED) is 0.626. The van der Waals surface area contributed by atoms with E-state index in [1.165, 1.54) is 12.0 Å². The van der Waals surface area contributed by atoms with Crippen molar-refractivity contribution in [2.24, 2.45) is 0 Å². The zero-order valence-corrected chi connectivity index (χ0v) is 13.8. The molecular weight excluding hydrogens is 304 g/mol. The summed E-state index contributed by atoms with van der Waals surface area (Å²) in [5.74, 6) is -0.507. The van der Waals surface area contributed by atoms with Gasteiger partial charge >= 0.3 is 5.97 Å². The smallest absolute Gasteiger partial charge is 0.325 e. The molecular formula is C19H22N2O3. The Morgan fingerprint density at radius 1 is 1.00 bits per heavy atom. The zero-order chi connectivity index (χ0) is 17.4. The van der Waals surface area contributed by atoms with Crippen LogP contribution < -0.4 is 5.73 Å². The van der Waals surface area contributed by atoms with Gasteiger partial charge in [-0.3, -0.25) is 9.59 Å². The number of anilines is 1. The molecule has 0 aromatic heterocycles. The molecule has 1 amide bonds. The highest BCUT2D eigenvalue weighted by atomic mass is 16.5. The first-order valence-corrected chi connectivity index (χ1v) is 7.81. The first kappa shape index (κ1) is 17.5.